The molecule has 0 aliphatic carbocycles. The lowest BCUT2D eigenvalue weighted by Gasteiger charge is -2.12. The molecule has 2 aromatic carbocycles. The van der Waals surface area contributed by atoms with Crippen LogP contribution < -0.4 is 16.2 Å². The van der Waals surface area contributed by atoms with Gasteiger partial charge in [0.25, 0.3) is 5.91 Å². The standard InChI is InChI=1S/C17H14N6O2/c1-25-12-5-4-10(8-2-3-9-7-20-21-11(9)6-8)15-13(12)14(18)16(17(19)24)23-22-15/h2-7H,1H3,(H2,18,22)(H2,19,24)(H,20,21). The Kier molecular flexibility index (Phi) is 3.24. The van der Waals surface area contributed by atoms with E-state index in [1.807, 2.05) is 24.3 Å². The predicted molar refractivity (Wildman–Crippen MR) is 94.1 cm³/mol. The SMILES string of the molecule is COc1ccc(-c2ccc3cn[nH]c3c2)c2nnc(C(N)=O)c(N)c12. The molecule has 0 atom stereocenters. The normalized spacial score (nSPS) is 11.1. The molecule has 4 aromatic rings. The molecule has 8 heteroatoms. The van der Waals surface area contributed by atoms with Gasteiger partial charge in [-0.2, -0.15) is 5.10 Å². The number of nitrogens with two attached hydrogens (primary N) is 2. The molecule has 0 bridgehead atoms. The maximum absolute atomic E-state index is 11.5. The molecule has 1 amide bonds. The van der Waals surface area contributed by atoms with Gasteiger partial charge in [-0.3, -0.25) is 9.89 Å². The third-order valence-corrected chi connectivity index (χ3v) is 4.12. The Balaban J connectivity index is 2.05. The van der Waals surface area contributed by atoms with Gasteiger partial charge in [0.1, 0.15) is 11.3 Å². The van der Waals surface area contributed by atoms with Crippen LogP contribution in [0.2, 0.25) is 0 Å². The van der Waals surface area contributed by atoms with Crippen molar-refractivity contribution in [1.29, 1.82) is 0 Å². The van der Waals surface area contributed by atoms with Gasteiger partial charge < -0.3 is 16.2 Å². The van der Waals surface area contributed by atoms with Crippen LogP contribution in [0.25, 0.3) is 32.9 Å². The van der Waals surface area contributed by atoms with Gasteiger partial charge in [0.15, 0.2) is 5.69 Å². The molecule has 4 rings (SSSR count). The number of methoxy groups -OCH3 is 1. The minimum atomic E-state index is -0.738. The third-order valence-electron chi connectivity index (χ3n) is 4.12. The molecule has 0 aliphatic heterocycles. The monoisotopic (exact) mass is 334 g/mol. The number of nitrogens with zero attached hydrogens (tertiary/aromatic N) is 3. The molecule has 124 valence electrons. The number of carbonyl (C=O) groups is 1. The molecule has 0 unspecified atom stereocenters. The summed E-state index contributed by atoms with van der Waals surface area (Å²) in [4.78, 5) is 11.5. The number of H-pyrrole nitrogens is 1. The lowest BCUT2D eigenvalue weighted by atomic mass is 9.99. The molecule has 0 saturated carbocycles. The maximum atomic E-state index is 11.5. The first-order valence-corrected chi connectivity index (χ1v) is 7.46. The van der Waals surface area contributed by atoms with E-state index in [4.69, 9.17) is 16.2 Å². The van der Waals surface area contributed by atoms with Crippen molar-refractivity contribution in [3.05, 3.63) is 42.2 Å². The minimum Gasteiger partial charge on any atom is -0.496 e. The molecule has 5 N–H and O–H groups in total. The Hall–Kier alpha value is -3.68. The van der Waals surface area contributed by atoms with E-state index in [9.17, 15) is 4.79 Å². The van der Waals surface area contributed by atoms with Crippen molar-refractivity contribution >= 4 is 33.4 Å². The summed E-state index contributed by atoms with van der Waals surface area (Å²) in [7, 11) is 1.52. The maximum Gasteiger partial charge on any atom is 0.271 e. The number of hydrogen-bond donors (Lipinski definition) is 3. The first kappa shape index (κ1) is 14.9. The summed E-state index contributed by atoms with van der Waals surface area (Å²) in [6, 6.07) is 9.52. The Morgan fingerprint density at radius 2 is 2.04 bits per heavy atom. The number of ether oxygens (including phenoxy) is 1. The number of aromatic amines is 1. The second kappa shape index (κ2) is 5.45. The molecular weight excluding hydrogens is 320 g/mol. The van der Waals surface area contributed by atoms with Gasteiger partial charge in [0, 0.05) is 10.9 Å². The number of nitrogens with one attached hydrogen (secondary N) is 1. The second-order valence-electron chi connectivity index (χ2n) is 5.54. The van der Waals surface area contributed by atoms with E-state index in [0.29, 0.717) is 16.7 Å². The van der Waals surface area contributed by atoms with Crippen molar-refractivity contribution in [1.82, 2.24) is 20.4 Å². The molecule has 25 heavy (non-hydrogen) atoms. The number of primary amides is 1. The van der Waals surface area contributed by atoms with Gasteiger partial charge in [-0.15, -0.1) is 10.2 Å². The molecule has 0 saturated heterocycles. The minimum absolute atomic E-state index is 0.0769. The van der Waals surface area contributed by atoms with Crippen LogP contribution in [0, 0.1) is 0 Å². The molecule has 0 radical (unpaired) electrons. The fourth-order valence-electron chi connectivity index (χ4n) is 2.90. The third kappa shape index (κ3) is 2.23. The Morgan fingerprint density at radius 3 is 2.80 bits per heavy atom. The smallest absolute Gasteiger partial charge is 0.271 e. The van der Waals surface area contributed by atoms with Crippen LogP contribution in [0.15, 0.2) is 36.5 Å². The molecule has 0 spiro atoms. The van der Waals surface area contributed by atoms with Crippen LogP contribution >= 0.6 is 0 Å². The number of amides is 1. The van der Waals surface area contributed by atoms with Gasteiger partial charge in [0.2, 0.25) is 0 Å². The molecule has 2 aromatic heterocycles. The predicted octanol–water partition coefficient (Wildman–Crippen LogP) is 1.86. The number of rotatable bonds is 3. The molecule has 0 fully saturated rings. The zero-order valence-corrected chi connectivity index (χ0v) is 13.3. The average Bonchev–Trinajstić information content (AvgIpc) is 3.08. The Labute approximate surface area is 141 Å². The molecule has 0 aliphatic rings. The van der Waals surface area contributed by atoms with E-state index in [0.717, 1.165) is 22.0 Å². The number of carbonyl (C=O) groups excluding carboxylic acids is 1. The quantitative estimate of drug-likeness (QED) is 0.524. The highest BCUT2D eigenvalue weighted by Gasteiger charge is 2.19. The van der Waals surface area contributed by atoms with E-state index in [1.165, 1.54) is 7.11 Å². The van der Waals surface area contributed by atoms with E-state index >= 15 is 0 Å². The van der Waals surface area contributed by atoms with Crippen LogP contribution in [-0.4, -0.2) is 33.4 Å². The number of anilines is 1. The zero-order valence-electron chi connectivity index (χ0n) is 13.3. The Morgan fingerprint density at radius 1 is 1.20 bits per heavy atom. The van der Waals surface area contributed by atoms with Gasteiger partial charge in [-0.05, 0) is 23.8 Å². The Bertz CT molecular complexity index is 1130. The molecule has 8 nitrogen and oxygen atoms in total. The summed E-state index contributed by atoms with van der Waals surface area (Å²) in [5.41, 5.74) is 14.7. The lowest BCUT2D eigenvalue weighted by molar-refractivity contribution is 0.0996. The van der Waals surface area contributed by atoms with Crippen LogP contribution in [0.1, 0.15) is 10.5 Å². The zero-order chi connectivity index (χ0) is 17.6. The number of hydrogen-bond acceptors (Lipinski definition) is 6. The van der Waals surface area contributed by atoms with Gasteiger partial charge >= 0.3 is 0 Å². The van der Waals surface area contributed by atoms with Crippen molar-refractivity contribution in [3.8, 4) is 16.9 Å². The largest absolute Gasteiger partial charge is 0.496 e. The van der Waals surface area contributed by atoms with Gasteiger partial charge in [0.05, 0.1) is 29.9 Å². The summed E-state index contributed by atoms with van der Waals surface area (Å²) >= 11 is 0. The fourth-order valence-corrected chi connectivity index (χ4v) is 2.90. The van der Waals surface area contributed by atoms with Crippen LogP contribution in [0.5, 0.6) is 5.75 Å². The van der Waals surface area contributed by atoms with Gasteiger partial charge in [-0.1, -0.05) is 12.1 Å². The summed E-state index contributed by atoms with van der Waals surface area (Å²) in [6.07, 6.45) is 1.75. The van der Waals surface area contributed by atoms with Crippen molar-refractivity contribution in [3.63, 3.8) is 0 Å². The number of aromatic nitrogens is 4. The lowest BCUT2D eigenvalue weighted by Crippen LogP contribution is -2.17. The topological polar surface area (TPSA) is 133 Å². The van der Waals surface area contributed by atoms with Crippen molar-refractivity contribution in [2.75, 3.05) is 12.8 Å². The van der Waals surface area contributed by atoms with Gasteiger partial charge in [-0.25, -0.2) is 0 Å². The summed E-state index contributed by atoms with van der Waals surface area (Å²) in [6.45, 7) is 0. The summed E-state index contributed by atoms with van der Waals surface area (Å²) in [5, 5.41) is 16.6. The van der Waals surface area contributed by atoms with Crippen molar-refractivity contribution in [2.45, 2.75) is 0 Å². The number of benzene rings is 2. The molecule has 2 heterocycles. The van der Waals surface area contributed by atoms with E-state index in [-0.39, 0.29) is 11.4 Å². The van der Waals surface area contributed by atoms with Crippen LogP contribution in [0.4, 0.5) is 5.69 Å². The van der Waals surface area contributed by atoms with E-state index < -0.39 is 5.91 Å². The van der Waals surface area contributed by atoms with Crippen LogP contribution in [0.3, 0.4) is 0 Å². The number of fused-ring (bicyclic) bond motifs is 2. The summed E-state index contributed by atoms with van der Waals surface area (Å²) in [5.74, 6) is -0.241. The average molecular weight is 334 g/mol. The second-order valence-corrected chi connectivity index (χ2v) is 5.54. The van der Waals surface area contributed by atoms with Crippen LogP contribution in [-0.2, 0) is 0 Å². The first-order valence-electron chi connectivity index (χ1n) is 7.46. The molecular formula is C17H14N6O2. The van der Waals surface area contributed by atoms with Crippen molar-refractivity contribution in [2.24, 2.45) is 5.73 Å². The van der Waals surface area contributed by atoms with Crippen molar-refractivity contribution < 1.29 is 9.53 Å². The highest BCUT2D eigenvalue weighted by molar-refractivity contribution is 6.09. The summed E-state index contributed by atoms with van der Waals surface area (Å²) < 4.78 is 5.38. The highest BCUT2D eigenvalue weighted by Crippen LogP contribution is 2.37. The first-order chi connectivity index (χ1) is 12.1. The van der Waals surface area contributed by atoms with E-state index in [1.54, 1.807) is 12.3 Å². The highest BCUT2D eigenvalue weighted by atomic mass is 16.5. The van der Waals surface area contributed by atoms with E-state index in [2.05, 4.69) is 20.4 Å². The number of nitrogen functional groups attached to an aromatic ring is 1. The fraction of sp³-hybridized carbons (Fsp3) is 0.0588.